The fraction of sp³-hybridized carbons (Fsp3) is 0.333. The minimum atomic E-state index is -0.952. The summed E-state index contributed by atoms with van der Waals surface area (Å²) in [6.45, 7) is 0. The van der Waals surface area contributed by atoms with E-state index in [4.69, 9.17) is 5.11 Å². The molecular weight excluding hydrogens is 210 g/mol. The van der Waals surface area contributed by atoms with Gasteiger partial charge in [0, 0.05) is 14.1 Å². The van der Waals surface area contributed by atoms with E-state index >= 15 is 0 Å². The van der Waals surface area contributed by atoms with Gasteiger partial charge >= 0.3 is 5.97 Å². The normalized spacial score (nSPS) is 10.6. The quantitative estimate of drug-likeness (QED) is 0.773. The lowest BCUT2D eigenvalue weighted by Gasteiger charge is -2.10. The van der Waals surface area contributed by atoms with Gasteiger partial charge in [0.1, 0.15) is 12.2 Å². The van der Waals surface area contributed by atoms with Crippen LogP contribution in [0.15, 0.2) is 12.1 Å². The van der Waals surface area contributed by atoms with Crippen LogP contribution < -0.4 is 4.90 Å². The first-order valence-electron chi connectivity index (χ1n) is 4.68. The highest BCUT2D eigenvalue weighted by atomic mass is 16.4. The third-order valence-electron chi connectivity index (χ3n) is 2.08. The number of aliphatic carboxylic acids is 1. The van der Waals surface area contributed by atoms with Crippen molar-refractivity contribution in [2.45, 2.75) is 6.42 Å². The summed E-state index contributed by atoms with van der Waals surface area (Å²) in [7, 11) is 3.71. The number of hydrogen-bond acceptors (Lipinski definition) is 5. The molecule has 0 atom stereocenters. The molecule has 0 bridgehead atoms. The van der Waals surface area contributed by atoms with Crippen LogP contribution in [0.2, 0.25) is 0 Å². The van der Waals surface area contributed by atoms with Gasteiger partial charge in [-0.3, -0.25) is 4.79 Å². The maximum Gasteiger partial charge on any atom is 0.311 e. The predicted octanol–water partition coefficient (Wildman–Crippen LogP) is -0.183. The summed E-state index contributed by atoms with van der Waals surface area (Å²) in [5, 5.41) is 20.6. The van der Waals surface area contributed by atoms with Gasteiger partial charge in [0.05, 0.1) is 0 Å². The molecule has 0 saturated heterocycles. The van der Waals surface area contributed by atoms with Crippen LogP contribution in [0.4, 0.5) is 5.82 Å². The molecule has 0 aliphatic rings. The smallest absolute Gasteiger partial charge is 0.311 e. The standard InChI is InChI=1S/C9H11N5O2/c1-13(2)7-4-3-6-10-11-8(5-9(15)16)14(6)12-7/h3-4H,5H2,1-2H3,(H,15,16). The molecule has 0 aliphatic heterocycles. The first kappa shape index (κ1) is 10.3. The number of carboxylic acid groups (broad SMARTS) is 1. The van der Waals surface area contributed by atoms with Crippen LogP contribution >= 0.6 is 0 Å². The molecule has 2 rings (SSSR count). The Labute approximate surface area is 91.3 Å². The lowest BCUT2D eigenvalue weighted by atomic mass is 10.4. The molecule has 16 heavy (non-hydrogen) atoms. The van der Waals surface area contributed by atoms with Gasteiger partial charge in [0.25, 0.3) is 0 Å². The Bertz CT molecular complexity index is 534. The largest absolute Gasteiger partial charge is 0.481 e. The first-order chi connectivity index (χ1) is 7.58. The summed E-state index contributed by atoms with van der Waals surface area (Å²) in [6.07, 6.45) is -0.189. The SMILES string of the molecule is CN(C)c1ccc2nnc(CC(=O)O)n2n1. The Balaban J connectivity index is 2.51. The van der Waals surface area contributed by atoms with Crippen molar-refractivity contribution in [3.63, 3.8) is 0 Å². The van der Waals surface area contributed by atoms with Gasteiger partial charge in [-0.1, -0.05) is 0 Å². The van der Waals surface area contributed by atoms with E-state index in [1.165, 1.54) is 4.52 Å². The van der Waals surface area contributed by atoms with Gasteiger partial charge in [-0.05, 0) is 12.1 Å². The van der Waals surface area contributed by atoms with Crippen molar-refractivity contribution >= 4 is 17.4 Å². The van der Waals surface area contributed by atoms with Crippen molar-refractivity contribution in [2.75, 3.05) is 19.0 Å². The molecule has 0 unspecified atom stereocenters. The fourth-order valence-electron chi connectivity index (χ4n) is 1.31. The third-order valence-corrected chi connectivity index (χ3v) is 2.08. The molecule has 7 nitrogen and oxygen atoms in total. The predicted molar refractivity (Wildman–Crippen MR) is 56.4 cm³/mol. The molecule has 0 spiro atoms. The molecule has 2 heterocycles. The lowest BCUT2D eigenvalue weighted by Crippen LogP contribution is -2.13. The summed E-state index contributed by atoms with van der Waals surface area (Å²) in [4.78, 5) is 12.4. The van der Waals surface area contributed by atoms with Gasteiger partial charge in [-0.15, -0.1) is 15.3 Å². The lowest BCUT2D eigenvalue weighted by molar-refractivity contribution is -0.136. The molecule has 0 fully saturated rings. The van der Waals surface area contributed by atoms with E-state index in [9.17, 15) is 4.79 Å². The van der Waals surface area contributed by atoms with Crippen molar-refractivity contribution < 1.29 is 9.90 Å². The molecule has 2 aromatic heterocycles. The number of anilines is 1. The molecule has 0 aliphatic carbocycles. The molecule has 0 radical (unpaired) electrons. The fourth-order valence-corrected chi connectivity index (χ4v) is 1.31. The zero-order chi connectivity index (χ0) is 11.7. The summed E-state index contributed by atoms with van der Waals surface area (Å²) in [5.41, 5.74) is 0.543. The number of carboxylic acids is 1. The van der Waals surface area contributed by atoms with Crippen molar-refractivity contribution in [2.24, 2.45) is 0 Å². The van der Waals surface area contributed by atoms with Gasteiger partial charge in [-0.25, -0.2) is 0 Å². The number of aromatic nitrogens is 4. The molecular formula is C9H11N5O2. The number of nitrogens with zero attached hydrogens (tertiary/aromatic N) is 5. The van der Waals surface area contributed by atoms with E-state index in [-0.39, 0.29) is 6.42 Å². The zero-order valence-corrected chi connectivity index (χ0v) is 8.95. The Morgan fingerprint density at radius 3 is 2.81 bits per heavy atom. The average Bonchev–Trinajstić information content (AvgIpc) is 2.60. The molecule has 0 amide bonds. The van der Waals surface area contributed by atoms with Crippen LogP contribution in [0.3, 0.4) is 0 Å². The van der Waals surface area contributed by atoms with Crippen LogP contribution in [-0.4, -0.2) is 45.0 Å². The van der Waals surface area contributed by atoms with Crippen molar-refractivity contribution in [3.05, 3.63) is 18.0 Å². The van der Waals surface area contributed by atoms with Crippen LogP contribution in [0.25, 0.3) is 5.65 Å². The van der Waals surface area contributed by atoms with Gasteiger partial charge in [0.2, 0.25) is 0 Å². The zero-order valence-electron chi connectivity index (χ0n) is 8.95. The van der Waals surface area contributed by atoms with E-state index < -0.39 is 5.97 Å². The van der Waals surface area contributed by atoms with Crippen LogP contribution in [0.5, 0.6) is 0 Å². The maximum atomic E-state index is 10.6. The van der Waals surface area contributed by atoms with Crippen molar-refractivity contribution in [1.82, 2.24) is 19.8 Å². The summed E-state index contributed by atoms with van der Waals surface area (Å²) < 4.78 is 1.45. The second-order valence-corrected chi connectivity index (χ2v) is 3.54. The first-order valence-corrected chi connectivity index (χ1v) is 4.68. The molecule has 84 valence electrons. The van der Waals surface area contributed by atoms with E-state index in [0.29, 0.717) is 11.5 Å². The Hall–Kier alpha value is -2.18. The van der Waals surface area contributed by atoms with Gasteiger partial charge < -0.3 is 10.0 Å². The molecule has 7 heteroatoms. The van der Waals surface area contributed by atoms with Crippen LogP contribution in [0.1, 0.15) is 5.82 Å². The summed E-state index contributed by atoms with van der Waals surface area (Å²) >= 11 is 0. The highest BCUT2D eigenvalue weighted by Crippen LogP contribution is 2.09. The van der Waals surface area contributed by atoms with E-state index in [2.05, 4.69) is 15.3 Å². The van der Waals surface area contributed by atoms with Crippen molar-refractivity contribution in [3.8, 4) is 0 Å². The van der Waals surface area contributed by atoms with Crippen LogP contribution in [0, 0.1) is 0 Å². The minimum Gasteiger partial charge on any atom is -0.481 e. The highest BCUT2D eigenvalue weighted by Gasteiger charge is 2.11. The second-order valence-electron chi connectivity index (χ2n) is 3.54. The minimum absolute atomic E-state index is 0.189. The average molecular weight is 221 g/mol. The number of rotatable bonds is 3. The van der Waals surface area contributed by atoms with Gasteiger partial charge in [0.15, 0.2) is 11.5 Å². The summed E-state index contributed by atoms with van der Waals surface area (Å²) in [5.74, 6) is 0.0940. The van der Waals surface area contributed by atoms with Crippen molar-refractivity contribution in [1.29, 1.82) is 0 Å². The highest BCUT2D eigenvalue weighted by molar-refractivity contribution is 5.69. The Morgan fingerprint density at radius 1 is 1.44 bits per heavy atom. The molecule has 2 aromatic rings. The monoisotopic (exact) mass is 221 g/mol. The molecule has 1 N–H and O–H groups in total. The second kappa shape index (κ2) is 3.76. The Morgan fingerprint density at radius 2 is 2.19 bits per heavy atom. The van der Waals surface area contributed by atoms with Gasteiger partial charge in [-0.2, -0.15) is 4.52 Å². The number of carbonyl (C=O) groups is 1. The van der Waals surface area contributed by atoms with E-state index in [0.717, 1.165) is 5.82 Å². The summed E-state index contributed by atoms with van der Waals surface area (Å²) in [6, 6.07) is 3.55. The topological polar surface area (TPSA) is 83.6 Å². The number of hydrogen-bond donors (Lipinski definition) is 1. The van der Waals surface area contributed by atoms with Crippen LogP contribution in [-0.2, 0) is 11.2 Å². The maximum absolute atomic E-state index is 10.6. The van der Waals surface area contributed by atoms with E-state index in [1.54, 1.807) is 12.1 Å². The number of fused-ring (bicyclic) bond motifs is 1. The van der Waals surface area contributed by atoms with E-state index in [1.807, 2.05) is 19.0 Å². The molecule has 0 aromatic carbocycles. The third kappa shape index (κ3) is 1.79. The Kier molecular flexibility index (Phi) is 2.43. The molecule has 0 saturated carbocycles.